The molecule has 4 bridgehead atoms. The normalized spacial score (nSPS) is 17.1. The topological polar surface area (TPSA) is 140 Å². The second-order valence-corrected chi connectivity index (χ2v) is 22.8. The van der Waals surface area contributed by atoms with Gasteiger partial charge in [0.2, 0.25) is 12.0 Å². The van der Waals surface area contributed by atoms with E-state index < -0.39 is 25.0 Å². The molecule has 4 aromatic carbocycles. The first-order valence-corrected chi connectivity index (χ1v) is 26.5. The minimum Gasteiger partial charge on any atom is -0.487 e. The first kappa shape index (κ1) is 47.6. The fourth-order valence-electron chi connectivity index (χ4n) is 8.81. The van der Waals surface area contributed by atoms with Crippen LogP contribution in [0.1, 0.15) is 34.4 Å². The van der Waals surface area contributed by atoms with Crippen LogP contribution in [0, 0.1) is 19.7 Å². The van der Waals surface area contributed by atoms with Gasteiger partial charge in [-0.1, -0.05) is 65.7 Å². The lowest BCUT2D eigenvalue weighted by Crippen LogP contribution is -2.48. The number of rotatable bonds is 9. The Hall–Kier alpha value is -5.47. The smallest absolute Gasteiger partial charge is 0.345 e. The molecule has 1 saturated heterocycles. The average molecular weight is 996 g/mol. The van der Waals surface area contributed by atoms with Gasteiger partial charge in [0.1, 0.15) is 42.6 Å². The second kappa shape index (κ2) is 19.9. The number of likely N-dealkylation sites (N-methyl/N-ethyl adjacent to an activating group) is 1. The van der Waals surface area contributed by atoms with Crippen molar-refractivity contribution < 1.29 is 33.1 Å². The molecular weight excluding hydrogens is 946 g/mol. The van der Waals surface area contributed by atoms with Gasteiger partial charge in [-0.2, -0.15) is 0 Å². The van der Waals surface area contributed by atoms with Gasteiger partial charge in [-0.3, -0.25) is 4.90 Å². The summed E-state index contributed by atoms with van der Waals surface area (Å²) in [4.78, 5) is 37.8. The van der Waals surface area contributed by atoms with E-state index in [1.807, 2.05) is 56.3 Å². The van der Waals surface area contributed by atoms with Gasteiger partial charge in [0.15, 0.2) is 11.6 Å². The molecule has 6 heterocycles. The molecule has 0 unspecified atom stereocenters. The van der Waals surface area contributed by atoms with Crippen molar-refractivity contribution in [2.75, 3.05) is 53.1 Å². The number of aliphatic carboxylic acids is 1. The average Bonchev–Trinajstić information content (AvgIpc) is 3.71. The van der Waals surface area contributed by atoms with Crippen LogP contribution in [-0.2, 0) is 28.8 Å². The number of carboxylic acid groups (broad SMARTS) is 1. The van der Waals surface area contributed by atoms with E-state index in [0.717, 1.165) is 47.5 Å². The summed E-state index contributed by atoms with van der Waals surface area (Å²) in [6.45, 7) is 11.6. The van der Waals surface area contributed by atoms with E-state index in [0.29, 0.717) is 96.0 Å². The predicted molar refractivity (Wildman–Crippen MR) is 267 cm³/mol. The van der Waals surface area contributed by atoms with Gasteiger partial charge in [0.25, 0.3) is 0 Å². The highest BCUT2D eigenvalue weighted by atomic mass is 35.5. The van der Waals surface area contributed by atoms with Gasteiger partial charge < -0.3 is 28.8 Å². The summed E-state index contributed by atoms with van der Waals surface area (Å²) in [5, 5.41) is 12.8. The van der Waals surface area contributed by atoms with Gasteiger partial charge in [-0.25, -0.2) is 29.1 Å². The lowest BCUT2D eigenvalue weighted by atomic mass is 9.92. The molecule has 0 aliphatic carbocycles. The van der Waals surface area contributed by atoms with Crippen LogP contribution >= 0.6 is 41.7 Å². The maximum atomic E-state index is 14.4. The molecule has 3 aromatic heterocycles. The van der Waals surface area contributed by atoms with Crippen molar-refractivity contribution in [2.24, 2.45) is 0 Å². The molecule has 0 amide bonds. The number of thiophene rings is 1. The van der Waals surface area contributed by atoms with Crippen LogP contribution in [0.4, 0.5) is 4.39 Å². The number of nitrogens with zero attached hydrogens (tertiary/aromatic N) is 6. The number of hydrogen-bond acceptors (Lipinski definition) is 12. The number of benzene rings is 4. The fourth-order valence-corrected chi connectivity index (χ4v) is 11.4. The Morgan fingerprint density at radius 2 is 1.68 bits per heavy atom. The van der Waals surface area contributed by atoms with Crippen LogP contribution in [0.5, 0.6) is 17.4 Å². The van der Waals surface area contributed by atoms with Gasteiger partial charge in [-0.15, -0.1) is 11.3 Å². The standard InChI is InChI=1S/C51H50Cl2FN6O6PS/c1-29-41-30(2)45(53)46(44(29)52)65-37(26-60-21-19-59(3)20-22-60)15-9-31-10-16-39(64-27-36-17-18-55-48(58-36)33-7-6-8-38(24-33)67(4,5)63)34(23-31)25-40(51(61)62)66-49-43-42(41)47(68-50(43)57-28-56-49)32-11-13-35(54)14-12-32/h6-8,10-14,16-18,23-24,28,37,40H,9,15,19-22,25-27H2,1-5H3,(H,61,62)/t37-,40+/m0/s1. The van der Waals surface area contributed by atoms with Crippen LogP contribution in [0.3, 0.4) is 0 Å². The molecule has 7 aromatic rings. The third-order valence-electron chi connectivity index (χ3n) is 12.6. The number of aryl methyl sites for hydroxylation is 1. The number of hydrogen-bond donors (Lipinski definition) is 1. The number of aromatic nitrogens is 4. The molecule has 10 rings (SSSR count). The Kier molecular flexibility index (Phi) is 13.9. The van der Waals surface area contributed by atoms with E-state index in [4.69, 9.17) is 42.4 Å². The number of piperazine rings is 1. The van der Waals surface area contributed by atoms with Crippen molar-refractivity contribution in [3.8, 4) is 50.3 Å². The Labute approximate surface area is 408 Å². The van der Waals surface area contributed by atoms with Crippen molar-refractivity contribution in [3.05, 3.63) is 129 Å². The van der Waals surface area contributed by atoms with Crippen LogP contribution in [0.15, 0.2) is 85.3 Å². The third kappa shape index (κ3) is 10.1. The number of halogens is 3. The largest absolute Gasteiger partial charge is 0.487 e. The molecule has 1 N–H and O–H groups in total. The highest BCUT2D eigenvalue weighted by Crippen LogP contribution is 2.53. The lowest BCUT2D eigenvalue weighted by Gasteiger charge is -2.35. The molecule has 0 spiro atoms. The summed E-state index contributed by atoms with van der Waals surface area (Å²) in [6, 6.07) is 21.1. The first-order chi connectivity index (χ1) is 32.6. The fraction of sp³-hybridized carbons (Fsp3) is 0.314. The zero-order valence-electron chi connectivity index (χ0n) is 38.3. The Bertz CT molecular complexity index is 3060. The lowest BCUT2D eigenvalue weighted by molar-refractivity contribution is -0.145. The molecule has 3 aliphatic rings. The highest BCUT2D eigenvalue weighted by Gasteiger charge is 2.32. The second-order valence-electron chi connectivity index (χ2n) is 17.8. The SMILES string of the molecule is Cc1c(Cl)c2c(Cl)c(C)c1-c1c(-c3ccc(F)cc3)sc3ncnc(c13)O[C@@H](C(=O)O)Cc1cc(ccc1OCc1ccnc(-c3cccc(P(C)(C)=O)c3)n1)CC[C@@H](CN1CCN(C)CC1)O2. The number of carboxylic acids is 1. The Morgan fingerprint density at radius 3 is 2.40 bits per heavy atom. The van der Waals surface area contributed by atoms with Crippen LogP contribution in [-0.4, -0.2) is 106 Å². The van der Waals surface area contributed by atoms with Crippen molar-refractivity contribution in [3.63, 3.8) is 0 Å². The summed E-state index contributed by atoms with van der Waals surface area (Å²) < 4.78 is 47.2. The molecule has 12 nitrogen and oxygen atoms in total. The minimum absolute atomic E-state index is 0.0450. The zero-order chi connectivity index (χ0) is 47.9. The van der Waals surface area contributed by atoms with Crippen molar-refractivity contribution in [1.29, 1.82) is 0 Å². The molecule has 2 atom stereocenters. The molecule has 352 valence electrons. The van der Waals surface area contributed by atoms with E-state index in [9.17, 15) is 18.9 Å². The van der Waals surface area contributed by atoms with Crippen molar-refractivity contribution in [1.82, 2.24) is 29.7 Å². The number of fused-ring (bicyclic) bond motifs is 7. The summed E-state index contributed by atoms with van der Waals surface area (Å²) in [6.07, 6.45) is 2.32. The zero-order valence-corrected chi connectivity index (χ0v) is 41.5. The molecule has 68 heavy (non-hydrogen) atoms. The molecule has 0 radical (unpaired) electrons. The minimum atomic E-state index is -2.52. The van der Waals surface area contributed by atoms with E-state index >= 15 is 0 Å². The number of carbonyl (C=O) groups is 1. The van der Waals surface area contributed by atoms with E-state index in [2.05, 4.69) is 31.8 Å². The molecule has 0 saturated carbocycles. The van der Waals surface area contributed by atoms with Gasteiger partial charge in [0, 0.05) is 66.7 Å². The van der Waals surface area contributed by atoms with Crippen molar-refractivity contribution >= 4 is 63.2 Å². The van der Waals surface area contributed by atoms with Gasteiger partial charge in [-0.05, 0) is 111 Å². The molecule has 17 heteroatoms. The third-order valence-corrected chi connectivity index (χ3v) is 16.2. The quantitative estimate of drug-likeness (QED) is 0.138. The summed E-state index contributed by atoms with van der Waals surface area (Å²) >= 11 is 16.1. The summed E-state index contributed by atoms with van der Waals surface area (Å²) in [5.74, 6) is -0.257. The number of ether oxygens (including phenoxy) is 3. The van der Waals surface area contributed by atoms with E-state index in [-0.39, 0.29) is 25.0 Å². The maximum absolute atomic E-state index is 14.4. The maximum Gasteiger partial charge on any atom is 0.345 e. The molecule has 1 fully saturated rings. The van der Waals surface area contributed by atoms with E-state index in [1.54, 1.807) is 37.7 Å². The van der Waals surface area contributed by atoms with Crippen LogP contribution < -0.4 is 19.5 Å². The van der Waals surface area contributed by atoms with Gasteiger partial charge in [0.05, 0.1) is 21.1 Å². The summed E-state index contributed by atoms with van der Waals surface area (Å²) in [5.41, 5.74) is 6.24. The van der Waals surface area contributed by atoms with Gasteiger partial charge >= 0.3 is 5.97 Å². The van der Waals surface area contributed by atoms with Crippen LogP contribution in [0.2, 0.25) is 10.0 Å². The van der Waals surface area contributed by atoms with Crippen molar-refractivity contribution in [2.45, 2.75) is 51.9 Å². The van der Waals surface area contributed by atoms with Crippen LogP contribution in [0.25, 0.3) is 43.2 Å². The monoisotopic (exact) mass is 994 g/mol. The van der Waals surface area contributed by atoms with E-state index in [1.165, 1.54) is 29.8 Å². The molecule has 3 aliphatic heterocycles. The first-order valence-electron chi connectivity index (χ1n) is 22.3. The predicted octanol–water partition coefficient (Wildman–Crippen LogP) is 10.4. The summed E-state index contributed by atoms with van der Waals surface area (Å²) in [7, 11) is -0.402. The Balaban J connectivity index is 1.15. The highest BCUT2D eigenvalue weighted by molar-refractivity contribution is 7.70. The Morgan fingerprint density at radius 1 is 0.926 bits per heavy atom. The molecular formula is C51H50Cl2FN6O6PS.